The predicted molar refractivity (Wildman–Crippen MR) is 328 cm³/mol. The molecule has 2 heterocycles. The van der Waals surface area contributed by atoms with E-state index in [0.29, 0.717) is 17.5 Å². The van der Waals surface area contributed by atoms with E-state index in [1.165, 1.54) is 130 Å². The number of aromatic nitrogens is 3. The summed E-state index contributed by atoms with van der Waals surface area (Å²) in [6.07, 6.45) is 0. The SMILES string of the molecule is Bc1c(B)c(B)c(-c2c(B)c(B)c3c(sc4c(-c5c(B)c(B)c(B)c(-c6nc(-c7ccccc7)nc(-c7ccc(-c8ccccc8)cc7)n6)c5B)c(B)c(B)c(B)c43)c2B)c(B)c1B. The molecule has 0 atom stereocenters. The second kappa shape index (κ2) is 16.6. The third-order valence-corrected chi connectivity index (χ3v) is 16.6. The van der Waals surface area contributed by atoms with E-state index in [4.69, 9.17) is 15.0 Å². The molecular weight excluding hydrogens is 777 g/mol. The van der Waals surface area contributed by atoms with Gasteiger partial charge in [0.25, 0.3) is 0 Å². The molecule has 0 saturated carbocycles. The summed E-state index contributed by atoms with van der Waals surface area (Å²) >= 11 is 1.99. The van der Waals surface area contributed by atoms with Crippen molar-refractivity contribution in [1.29, 1.82) is 0 Å². The van der Waals surface area contributed by atoms with Gasteiger partial charge < -0.3 is 0 Å². The highest BCUT2D eigenvalue weighted by Gasteiger charge is 2.28. The van der Waals surface area contributed by atoms with Crippen LogP contribution in [0.1, 0.15) is 0 Å². The zero-order valence-corrected chi connectivity index (χ0v) is 41.1. The molecule has 7 aromatic carbocycles. The largest absolute Gasteiger partial charge is 0.208 e. The number of hydrogen-bond donors (Lipinski definition) is 0. The minimum absolute atomic E-state index is 0.665. The van der Waals surface area contributed by atoms with E-state index >= 15 is 0 Å². The number of benzene rings is 7. The standard InChI is InChI=1S/C45H44B15N3S/c46-26-21(22-32(52)37(57)33(53)23-24-31(51)27(47)20(35(55)42(24)64-41(22)23)19-28(48)38(58)40(60)39(59)29(19)49)30(50)36(56)34(54)25(26)45-62-43(17-9-5-2-6-10-17)61-44(63-45)18-13-11-16(12-14-18)15-7-3-1-4-8-15/h1-14H,46-60H2. The minimum Gasteiger partial charge on any atom is -0.208 e. The molecule has 0 amide bonds. The summed E-state index contributed by atoms with van der Waals surface area (Å²) in [6.45, 7) is 0. The molecule has 9 aromatic rings. The second-order valence-corrected chi connectivity index (χ2v) is 19.4. The average Bonchev–Trinajstić information content (AvgIpc) is 3.72. The zero-order chi connectivity index (χ0) is 45.6. The Hall–Kier alpha value is -5.26. The Labute approximate surface area is 396 Å². The number of thiophene rings is 1. The lowest BCUT2D eigenvalue weighted by Crippen LogP contribution is -2.56. The van der Waals surface area contributed by atoms with E-state index in [0.717, 1.165) is 22.3 Å². The molecule has 0 spiro atoms. The smallest absolute Gasteiger partial charge is 0.164 e. The molecule has 2 aromatic heterocycles. The zero-order valence-electron chi connectivity index (χ0n) is 40.3. The van der Waals surface area contributed by atoms with E-state index in [9.17, 15) is 0 Å². The monoisotopic (exact) mass is 823 g/mol. The molecule has 0 aliphatic rings. The first kappa shape index (κ1) is 44.0. The summed E-state index contributed by atoms with van der Waals surface area (Å²) in [5.41, 5.74) is 30.9. The van der Waals surface area contributed by atoms with Crippen molar-refractivity contribution in [2.45, 2.75) is 0 Å². The summed E-state index contributed by atoms with van der Waals surface area (Å²) < 4.78 is 2.76. The molecular formula is C45H44B15N3S. The molecule has 0 radical (unpaired) electrons. The molecule has 0 aliphatic carbocycles. The molecule has 290 valence electrons. The first-order valence-electron chi connectivity index (χ1n) is 22.6. The fourth-order valence-electron chi connectivity index (χ4n) is 10.6. The van der Waals surface area contributed by atoms with E-state index in [-0.39, 0.29) is 0 Å². The molecule has 0 aliphatic heterocycles. The Kier molecular flexibility index (Phi) is 11.4. The topological polar surface area (TPSA) is 38.7 Å². The van der Waals surface area contributed by atoms with Crippen LogP contribution in [0.25, 0.3) is 87.7 Å². The van der Waals surface area contributed by atoms with Crippen molar-refractivity contribution < 1.29 is 0 Å². The van der Waals surface area contributed by atoms with Gasteiger partial charge in [0.1, 0.15) is 118 Å². The second-order valence-electron chi connectivity index (χ2n) is 18.4. The van der Waals surface area contributed by atoms with Crippen LogP contribution in [0.2, 0.25) is 0 Å². The molecule has 3 nitrogen and oxygen atoms in total. The Morgan fingerprint density at radius 1 is 0.250 bits per heavy atom. The van der Waals surface area contributed by atoms with E-state index < -0.39 is 0 Å². The summed E-state index contributed by atoms with van der Waals surface area (Å²) in [7, 11) is 34.7. The first-order valence-corrected chi connectivity index (χ1v) is 23.5. The van der Waals surface area contributed by atoms with Gasteiger partial charge in [0.05, 0.1) is 0 Å². The number of fused-ring (bicyclic) bond motifs is 3. The van der Waals surface area contributed by atoms with E-state index in [1.54, 1.807) is 0 Å². The fourth-order valence-corrected chi connectivity index (χ4v) is 12.1. The van der Waals surface area contributed by atoms with Crippen molar-refractivity contribution in [3.05, 3.63) is 84.9 Å². The van der Waals surface area contributed by atoms with E-state index in [2.05, 4.69) is 197 Å². The highest BCUT2D eigenvalue weighted by atomic mass is 32.1. The van der Waals surface area contributed by atoms with Crippen molar-refractivity contribution in [2.24, 2.45) is 0 Å². The molecule has 0 saturated heterocycles. The van der Waals surface area contributed by atoms with Gasteiger partial charge in [-0.15, -0.1) is 38.7 Å². The lowest BCUT2D eigenvalue weighted by Gasteiger charge is -2.25. The quantitative estimate of drug-likeness (QED) is 0.157. The van der Waals surface area contributed by atoms with Crippen LogP contribution in [-0.4, -0.2) is 133 Å². The number of nitrogens with zero attached hydrogens (tertiary/aromatic N) is 3. The van der Waals surface area contributed by atoms with Crippen molar-refractivity contribution >= 4 is 231 Å². The van der Waals surface area contributed by atoms with Crippen molar-refractivity contribution in [3.63, 3.8) is 0 Å². The maximum Gasteiger partial charge on any atom is 0.164 e. The maximum absolute atomic E-state index is 5.36. The van der Waals surface area contributed by atoms with Gasteiger partial charge in [-0.25, -0.2) is 15.0 Å². The molecule has 64 heavy (non-hydrogen) atoms. The Morgan fingerprint density at radius 2 is 0.578 bits per heavy atom. The maximum atomic E-state index is 5.36. The number of hydrogen-bond acceptors (Lipinski definition) is 4. The molecule has 0 fully saturated rings. The highest BCUT2D eigenvalue weighted by molar-refractivity contribution is 7.28. The molecule has 9 rings (SSSR count). The minimum atomic E-state index is 0.665. The molecule has 19 heteroatoms. The van der Waals surface area contributed by atoms with Crippen molar-refractivity contribution in [2.75, 3.05) is 0 Å². The average molecular weight is 821 g/mol. The molecule has 0 unspecified atom stereocenters. The molecule has 0 bridgehead atoms. The summed E-state index contributed by atoms with van der Waals surface area (Å²) in [5.74, 6) is 2.03. The van der Waals surface area contributed by atoms with Crippen LogP contribution in [-0.2, 0) is 0 Å². The van der Waals surface area contributed by atoms with Crippen LogP contribution in [0.5, 0.6) is 0 Å². The van der Waals surface area contributed by atoms with Crippen LogP contribution < -0.4 is 81.9 Å². The van der Waals surface area contributed by atoms with Gasteiger partial charge in [0.2, 0.25) is 0 Å². The van der Waals surface area contributed by atoms with Gasteiger partial charge in [-0.3, -0.25) is 0 Å². The highest BCUT2D eigenvalue weighted by Crippen LogP contribution is 2.37. The van der Waals surface area contributed by atoms with Crippen LogP contribution in [0.15, 0.2) is 84.9 Å². The Morgan fingerprint density at radius 3 is 1.14 bits per heavy atom. The van der Waals surface area contributed by atoms with Gasteiger partial charge in [-0.05, 0) is 44.2 Å². The van der Waals surface area contributed by atoms with Crippen LogP contribution in [0, 0.1) is 0 Å². The summed E-state index contributed by atoms with van der Waals surface area (Å²) in [6, 6.07) is 29.4. The van der Waals surface area contributed by atoms with Gasteiger partial charge in [0.15, 0.2) is 17.5 Å². The first-order chi connectivity index (χ1) is 30.5. The van der Waals surface area contributed by atoms with Gasteiger partial charge >= 0.3 is 0 Å². The van der Waals surface area contributed by atoms with Crippen LogP contribution >= 0.6 is 11.3 Å². The molecule has 0 N–H and O–H groups in total. The van der Waals surface area contributed by atoms with Crippen LogP contribution in [0.3, 0.4) is 0 Å². The van der Waals surface area contributed by atoms with Crippen molar-refractivity contribution in [1.82, 2.24) is 15.0 Å². The lowest BCUT2D eigenvalue weighted by atomic mass is 9.57. The van der Waals surface area contributed by atoms with Gasteiger partial charge in [-0.2, -0.15) is 0 Å². The van der Waals surface area contributed by atoms with Gasteiger partial charge in [0, 0.05) is 26.1 Å². The van der Waals surface area contributed by atoms with E-state index in [1.807, 2.05) is 17.4 Å². The Balaban J connectivity index is 1.32. The third kappa shape index (κ3) is 6.82. The third-order valence-electron chi connectivity index (χ3n) is 15.3. The predicted octanol–water partition coefficient (Wildman–Crippen LogP) is -13.9. The van der Waals surface area contributed by atoms with Crippen molar-refractivity contribution in [3.8, 4) is 67.5 Å². The fraction of sp³-hybridized carbons (Fsp3) is 0. The normalized spacial score (nSPS) is 11.4. The van der Waals surface area contributed by atoms with Gasteiger partial charge in [-0.1, -0.05) is 140 Å². The number of rotatable bonds is 6. The van der Waals surface area contributed by atoms with Crippen LogP contribution in [0.4, 0.5) is 0 Å². The lowest BCUT2D eigenvalue weighted by molar-refractivity contribution is 1.08. The summed E-state index contributed by atoms with van der Waals surface area (Å²) in [5, 5.41) is 2.80. The Bertz CT molecular complexity index is 3410. The summed E-state index contributed by atoms with van der Waals surface area (Å²) in [4.78, 5) is 15.8.